The summed E-state index contributed by atoms with van der Waals surface area (Å²) >= 11 is 0. The SMILES string of the molecule is CC(C)CCCNC(=O)C[C@@H](O)C[C@@H](O)CCNC(=O)CC(C)C. The van der Waals surface area contributed by atoms with Crippen molar-refractivity contribution in [2.75, 3.05) is 13.1 Å². The van der Waals surface area contributed by atoms with Crippen molar-refractivity contribution in [3.63, 3.8) is 0 Å². The largest absolute Gasteiger partial charge is 0.393 e. The van der Waals surface area contributed by atoms with Gasteiger partial charge in [-0.15, -0.1) is 0 Å². The van der Waals surface area contributed by atoms with Crippen LogP contribution >= 0.6 is 0 Å². The Kier molecular flexibility index (Phi) is 12.6. The van der Waals surface area contributed by atoms with Crippen molar-refractivity contribution in [2.24, 2.45) is 11.8 Å². The zero-order valence-corrected chi connectivity index (χ0v) is 15.7. The van der Waals surface area contributed by atoms with Crippen LogP contribution in [0.4, 0.5) is 0 Å². The number of aliphatic hydroxyl groups excluding tert-OH is 2. The van der Waals surface area contributed by atoms with Crippen LogP contribution in [0, 0.1) is 11.8 Å². The highest BCUT2D eigenvalue weighted by Gasteiger charge is 2.16. The Hall–Kier alpha value is -1.14. The number of hydrogen-bond acceptors (Lipinski definition) is 4. The lowest BCUT2D eigenvalue weighted by Gasteiger charge is -2.16. The van der Waals surface area contributed by atoms with Gasteiger partial charge in [-0.1, -0.05) is 27.7 Å². The molecule has 6 nitrogen and oxygen atoms in total. The van der Waals surface area contributed by atoms with Crippen LogP contribution in [0.25, 0.3) is 0 Å². The summed E-state index contributed by atoms with van der Waals surface area (Å²) in [5, 5.41) is 25.2. The fourth-order valence-corrected chi connectivity index (χ4v) is 2.36. The summed E-state index contributed by atoms with van der Waals surface area (Å²) < 4.78 is 0. The van der Waals surface area contributed by atoms with Crippen LogP contribution in [-0.4, -0.2) is 47.3 Å². The topological polar surface area (TPSA) is 98.7 Å². The highest BCUT2D eigenvalue weighted by Crippen LogP contribution is 2.06. The summed E-state index contributed by atoms with van der Waals surface area (Å²) in [6, 6.07) is 0. The van der Waals surface area contributed by atoms with Gasteiger partial charge < -0.3 is 20.8 Å². The second-order valence-electron chi connectivity index (χ2n) is 7.37. The molecule has 142 valence electrons. The van der Waals surface area contributed by atoms with Crippen LogP contribution in [0.3, 0.4) is 0 Å². The number of rotatable bonds is 13. The van der Waals surface area contributed by atoms with Crippen molar-refractivity contribution in [3.05, 3.63) is 0 Å². The van der Waals surface area contributed by atoms with Crippen molar-refractivity contribution in [1.29, 1.82) is 0 Å². The predicted octanol–water partition coefficient (Wildman–Crippen LogP) is 1.59. The van der Waals surface area contributed by atoms with Gasteiger partial charge in [0, 0.05) is 19.5 Å². The van der Waals surface area contributed by atoms with E-state index in [2.05, 4.69) is 24.5 Å². The lowest BCUT2D eigenvalue weighted by Crippen LogP contribution is -2.32. The summed E-state index contributed by atoms with van der Waals surface area (Å²) in [4.78, 5) is 23.2. The van der Waals surface area contributed by atoms with Crippen LogP contribution in [-0.2, 0) is 9.59 Å². The minimum absolute atomic E-state index is 0.00154. The van der Waals surface area contributed by atoms with Crippen molar-refractivity contribution in [3.8, 4) is 0 Å². The van der Waals surface area contributed by atoms with E-state index in [0.717, 1.165) is 12.8 Å². The molecular formula is C18H36N2O4. The average Bonchev–Trinajstić information content (AvgIpc) is 2.42. The number of aliphatic hydroxyl groups is 2. The number of carbonyl (C=O) groups is 2. The molecule has 0 heterocycles. The van der Waals surface area contributed by atoms with Crippen molar-refractivity contribution in [2.45, 2.75) is 78.4 Å². The number of carbonyl (C=O) groups excluding carboxylic acids is 2. The molecule has 0 bridgehead atoms. The molecule has 2 amide bonds. The Morgan fingerprint density at radius 1 is 0.792 bits per heavy atom. The molecular weight excluding hydrogens is 308 g/mol. The van der Waals surface area contributed by atoms with Crippen LogP contribution in [0.5, 0.6) is 0 Å². The first-order chi connectivity index (χ1) is 11.2. The lowest BCUT2D eigenvalue weighted by molar-refractivity contribution is -0.123. The maximum atomic E-state index is 11.7. The first-order valence-electron chi connectivity index (χ1n) is 9.10. The van der Waals surface area contributed by atoms with Gasteiger partial charge in [-0.3, -0.25) is 9.59 Å². The Bertz CT molecular complexity index is 359. The molecule has 0 aromatic carbocycles. The predicted molar refractivity (Wildman–Crippen MR) is 95.4 cm³/mol. The third-order valence-electron chi connectivity index (χ3n) is 3.64. The third-order valence-corrected chi connectivity index (χ3v) is 3.64. The highest BCUT2D eigenvalue weighted by atomic mass is 16.3. The average molecular weight is 344 g/mol. The zero-order chi connectivity index (χ0) is 18.5. The highest BCUT2D eigenvalue weighted by molar-refractivity contribution is 5.76. The smallest absolute Gasteiger partial charge is 0.222 e. The zero-order valence-electron chi connectivity index (χ0n) is 15.7. The Morgan fingerprint density at radius 3 is 1.96 bits per heavy atom. The molecule has 0 rings (SSSR count). The van der Waals surface area contributed by atoms with Crippen LogP contribution in [0.2, 0.25) is 0 Å². The van der Waals surface area contributed by atoms with Crippen molar-refractivity contribution >= 4 is 11.8 Å². The molecule has 0 aliphatic rings. The normalized spacial score (nSPS) is 13.8. The molecule has 0 unspecified atom stereocenters. The Morgan fingerprint density at radius 2 is 1.38 bits per heavy atom. The van der Waals surface area contributed by atoms with Gasteiger partial charge in [0.2, 0.25) is 11.8 Å². The second-order valence-corrected chi connectivity index (χ2v) is 7.37. The van der Waals surface area contributed by atoms with Crippen LogP contribution < -0.4 is 10.6 Å². The molecule has 0 fully saturated rings. The van der Waals surface area contributed by atoms with Crippen molar-refractivity contribution < 1.29 is 19.8 Å². The molecule has 6 heteroatoms. The summed E-state index contributed by atoms with van der Waals surface area (Å²) in [6.45, 7) is 9.21. The van der Waals surface area contributed by atoms with E-state index in [9.17, 15) is 19.8 Å². The third kappa shape index (κ3) is 14.5. The fraction of sp³-hybridized carbons (Fsp3) is 0.889. The molecule has 0 aromatic heterocycles. The van der Waals surface area contributed by atoms with E-state index in [4.69, 9.17) is 0 Å². The lowest BCUT2D eigenvalue weighted by atomic mass is 10.1. The van der Waals surface area contributed by atoms with Crippen molar-refractivity contribution in [1.82, 2.24) is 10.6 Å². The summed E-state index contributed by atoms with van der Waals surface area (Å²) in [6.07, 6.45) is 1.37. The summed E-state index contributed by atoms with van der Waals surface area (Å²) in [5.74, 6) is 0.696. The monoisotopic (exact) mass is 344 g/mol. The molecule has 24 heavy (non-hydrogen) atoms. The minimum Gasteiger partial charge on any atom is -0.393 e. The molecule has 0 saturated heterocycles. The summed E-state index contributed by atoms with van der Waals surface area (Å²) in [5.41, 5.74) is 0. The molecule has 0 aliphatic heterocycles. The molecule has 2 atom stereocenters. The van der Waals surface area contributed by atoms with Gasteiger partial charge in [0.05, 0.1) is 18.6 Å². The van der Waals surface area contributed by atoms with E-state index < -0.39 is 12.2 Å². The van der Waals surface area contributed by atoms with E-state index in [-0.39, 0.29) is 24.7 Å². The molecule has 4 N–H and O–H groups in total. The van der Waals surface area contributed by atoms with Gasteiger partial charge in [0.1, 0.15) is 0 Å². The van der Waals surface area contributed by atoms with Gasteiger partial charge in [-0.25, -0.2) is 0 Å². The van der Waals surface area contributed by atoms with Crippen LogP contribution in [0.15, 0.2) is 0 Å². The maximum Gasteiger partial charge on any atom is 0.222 e. The van der Waals surface area contributed by atoms with Gasteiger partial charge in [0.15, 0.2) is 0 Å². The number of nitrogens with one attached hydrogen (secondary N) is 2. The summed E-state index contributed by atoms with van der Waals surface area (Å²) in [7, 11) is 0. The standard InChI is InChI=1S/C18H36N2O4/c1-13(2)6-5-8-19-18(24)12-16(22)11-15(21)7-9-20-17(23)10-14(3)4/h13-16,21-22H,5-12H2,1-4H3,(H,19,24)(H,20,23)/t15-,16-/m0/s1. The van der Waals surface area contributed by atoms with E-state index >= 15 is 0 Å². The minimum atomic E-state index is -0.864. The van der Waals surface area contributed by atoms with Gasteiger partial charge in [0.25, 0.3) is 0 Å². The van der Waals surface area contributed by atoms with E-state index in [1.165, 1.54) is 0 Å². The van der Waals surface area contributed by atoms with Crippen LogP contribution in [0.1, 0.15) is 66.2 Å². The Labute approximate surface area is 146 Å². The molecule has 0 saturated carbocycles. The van der Waals surface area contributed by atoms with Gasteiger partial charge in [-0.2, -0.15) is 0 Å². The second kappa shape index (κ2) is 13.2. The molecule has 0 aliphatic carbocycles. The van der Waals surface area contributed by atoms with E-state index in [0.29, 0.717) is 37.8 Å². The first kappa shape index (κ1) is 22.9. The van der Waals surface area contributed by atoms with Gasteiger partial charge in [-0.05, 0) is 37.5 Å². The molecule has 0 spiro atoms. The van der Waals surface area contributed by atoms with E-state index in [1.54, 1.807) is 0 Å². The number of amides is 2. The quantitative estimate of drug-likeness (QED) is 0.381. The maximum absolute atomic E-state index is 11.7. The molecule has 0 aromatic rings. The fourth-order valence-electron chi connectivity index (χ4n) is 2.36. The number of hydrogen-bond donors (Lipinski definition) is 4. The Balaban J connectivity index is 3.75. The van der Waals surface area contributed by atoms with E-state index in [1.807, 2.05) is 13.8 Å². The first-order valence-corrected chi connectivity index (χ1v) is 9.10. The van der Waals surface area contributed by atoms with Gasteiger partial charge >= 0.3 is 0 Å². The molecule has 0 radical (unpaired) electrons.